The lowest BCUT2D eigenvalue weighted by molar-refractivity contribution is 0.376. The minimum atomic E-state index is -0.981. The van der Waals surface area contributed by atoms with E-state index in [1.54, 1.807) is 0 Å². The Balaban J connectivity index is 2.29. The molecule has 1 unspecified atom stereocenters. The summed E-state index contributed by atoms with van der Waals surface area (Å²) in [7, 11) is 0. The van der Waals surface area contributed by atoms with Gasteiger partial charge in [0.25, 0.3) is 0 Å². The maximum atomic E-state index is 14.3. The van der Waals surface area contributed by atoms with E-state index in [9.17, 15) is 14.0 Å². The number of aromatic nitrogens is 2. The minimum absolute atomic E-state index is 0.0275. The number of allylic oxidation sites excluding steroid dienone is 1. The van der Waals surface area contributed by atoms with Crippen LogP contribution in [0.5, 0.6) is 5.88 Å². The smallest absolute Gasteiger partial charge is 0.244 e. The first-order chi connectivity index (χ1) is 11.1. The highest BCUT2D eigenvalue weighted by molar-refractivity contribution is 5.55. The topological polar surface area (TPSA) is 87.7 Å². The first-order valence-electron chi connectivity index (χ1n) is 7.17. The molecule has 1 aromatic heterocycles. The second kappa shape index (κ2) is 5.72. The predicted octanol–water partition coefficient (Wildman–Crippen LogP) is 2.86. The summed E-state index contributed by atoms with van der Waals surface area (Å²) in [5, 5.41) is 16.2. The van der Waals surface area contributed by atoms with E-state index in [2.05, 4.69) is 10.2 Å². The molecule has 118 valence electrons. The molecule has 2 aromatic rings. The average molecular weight is 316 g/mol. The number of hydrogen-bond acceptors (Lipinski definition) is 4. The number of benzene rings is 1. The number of nitrogens with two attached hydrogens (primary N) is 1. The molecule has 3 rings (SSSR count). The monoisotopic (exact) mass is 316 g/mol. The Morgan fingerprint density at radius 3 is 2.65 bits per heavy atom. The van der Waals surface area contributed by atoms with Crippen LogP contribution in [0.2, 0.25) is 0 Å². The van der Waals surface area contributed by atoms with Crippen molar-refractivity contribution >= 4 is 0 Å². The predicted molar refractivity (Wildman–Crippen MR) is 78.2 cm³/mol. The number of nitriles is 1. The molecule has 1 aromatic carbocycles. The largest absolute Gasteiger partial charge is 0.420 e. The second-order valence-electron chi connectivity index (χ2n) is 5.23. The molecule has 0 aliphatic carbocycles. The van der Waals surface area contributed by atoms with Gasteiger partial charge in [0, 0.05) is 11.3 Å². The molecule has 3 N–H and O–H groups in total. The summed E-state index contributed by atoms with van der Waals surface area (Å²) in [5.74, 6) is -2.51. The number of hydrogen-bond donors (Lipinski definition) is 2. The molecule has 0 saturated carbocycles. The molecular formula is C16H14F2N4O. The van der Waals surface area contributed by atoms with E-state index in [0.717, 1.165) is 18.6 Å². The van der Waals surface area contributed by atoms with Crippen LogP contribution >= 0.6 is 0 Å². The number of ether oxygens (including phenoxy) is 1. The van der Waals surface area contributed by atoms with Gasteiger partial charge < -0.3 is 10.5 Å². The standard InChI is InChI=1S/C16H14F2N4O/c1-2-4-11-14-12(13-9(17)5-3-6-10(13)18)8(7-19)15(20)23-16(14)22-21-11/h3,5-6,12H,2,4,20H2,1H3,(H,21,22). The molecular weight excluding hydrogens is 302 g/mol. The van der Waals surface area contributed by atoms with E-state index in [1.807, 2.05) is 13.0 Å². The van der Waals surface area contributed by atoms with Crippen LogP contribution in [0.1, 0.15) is 36.1 Å². The quantitative estimate of drug-likeness (QED) is 0.911. The van der Waals surface area contributed by atoms with Crippen molar-refractivity contribution < 1.29 is 13.5 Å². The van der Waals surface area contributed by atoms with Gasteiger partial charge in [-0.1, -0.05) is 19.4 Å². The second-order valence-corrected chi connectivity index (χ2v) is 5.23. The van der Waals surface area contributed by atoms with Gasteiger partial charge >= 0.3 is 0 Å². The van der Waals surface area contributed by atoms with Crippen LogP contribution in [0, 0.1) is 23.0 Å². The van der Waals surface area contributed by atoms with Gasteiger partial charge in [0.05, 0.1) is 11.5 Å². The lowest BCUT2D eigenvalue weighted by Crippen LogP contribution is -2.22. The van der Waals surface area contributed by atoms with Crippen LogP contribution < -0.4 is 10.5 Å². The van der Waals surface area contributed by atoms with Crippen molar-refractivity contribution in [2.75, 3.05) is 0 Å². The van der Waals surface area contributed by atoms with Gasteiger partial charge in [-0.3, -0.25) is 5.10 Å². The molecule has 5 nitrogen and oxygen atoms in total. The lowest BCUT2D eigenvalue weighted by Gasteiger charge is -2.24. The third kappa shape index (κ3) is 2.32. The van der Waals surface area contributed by atoms with Crippen LogP contribution in [0.4, 0.5) is 8.78 Å². The fourth-order valence-corrected chi connectivity index (χ4v) is 2.82. The van der Waals surface area contributed by atoms with Crippen LogP contribution in [-0.4, -0.2) is 10.2 Å². The van der Waals surface area contributed by atoms with Crippen LogP contribution in [-0.2, 0) is 6.42 Å². The van der Waals surface area contributed by atoms with Crippen LogP contribution in [0.15, 0.2) is 29.7 Å². The fraction of sp³-hybridized carbons (Fsp3) is 0.250. The third-order valence-electron chi connectivity index (χ3n) is 3.81. The molecule has 0 amide bonds. The molecule has 1 aliphatic heterocycles. The Hall–Kier alpha value is -2.88. The highest BCUT2D eigenvalue weighted by Crippen LogP contribution is 2.44. The molecule has 23 heavy (non-hydrogen) atoms. The van der Waals surface area contributed by atoms with E-state index < -0.39 is 17.6 Å². The Morgan fingerprint density at radius 2 is 2.04 bits per heavy atom. The van der Waals surface area contributed by atoms with Gasteiger partial charge in [0.2, 0.25) is 11.8 Å². The van der Waals surface area contributed by atoms with Crippen molar-refractivity contribution in [1.29, 1.82) is 5.26 Å². The van der Waals surface area contributed by atoms with E-state index in [1.165, 1.54) is 6.07 Å². The zero-order valence-corrected chi connectivity index (χ0v) is 12.4. The van der Waals surface area contributed by atoms with Crippen molar-refractivity contribution in [2.45, 2.75) is 25.7 Å². The molecule has 0 spiro atoms. The lowest BCUT2D eigenvalue weighted by atomic mass is 9.83. The highest BCUT2D eigenvalue weighted by atomic mass is 19.1. The summed E-state index contributed by atoms with van der Waals surface area (Å²) in [5.41, 5.74) is 6.63. The highest BCUT2D eigenvalue weighted by Gasteiger charge is 2.37. The fourth-order valence-electron chi connectivity index (χ4n) is 2.82. The number of aromatic amines is 1. The van der Waals surface area contributed by atoms with Gasteiger partial charge in [0.1, 0.15) is 23.3 Å². The number of fused-ring (bicyclic) bond motifs is 1. The Morgan fingerprint density at radius 1 is 1.35 bits per heavy atom. The number of nitrogens with zero attached hydrogens (tertiary/aromatic N) is 2. The normalized spacial score (nSPS) is 16.7. The molecule has 1 atom stereocenters. The average Bonchev–Trinajstić information content (AvgIpc) is 2.90. The van der Waals surface area contributed by atoms with Crippen molar-refractivity contribution in [3.05, 3.63) is 58.1 Å². The van der Waals surface area contributed by atoms with Gasteiger partial charge in [-0.25, -0.2) is 8.78 Å². The number of nitrogens with one attached hydrogen (secondary N) is 1. The molecule has 1 aliphatic rings. The van der Waals surface area contributed by atoms with Gasteiger partial charge in [-0.15, -0.1) is 5.10 Å². The maximum absolute atomic E-state index is 14.3. The Bertz CT molecular complexity index is 815. The summed E-state index contributed by atoms with van der Waals surface area (Å²) in [6, 6.07) is 5.49. The Labute approximate surface area is 131 Å². The van der Waals surface area contributed by atoms with Gasteiger partial charge in [0.15, 0.2) is 0 Å². The summed E-state index contributed by atoms with van der Waals surface area (Å²) >= 11 is 0. The van der Waals surface area contributed by atoms with Crippen LogP contribution in [0.3, 0.4) is 0 Å². The van der Waals surface area contributed by atoms with E-state index in [-0.39, 0.29) is 22.9 Å². The first-order valence-corrected chi connectivity index (χ1v) is 7.17. The summed E-state index contributed by atoms with van der Waals surface area (Å²) < 4.78 is 34.0. The molecule has 0 fully saturated rings. The number of H-pyrrole nitrogens is 1. The minimum Gasteiger partial charge on any atom is -0.420 e. The molecule has 0 saturated heterocycles. The molecule has 0 bridgehead atoms. The van der Waals surface area contributed by atoms with E-state index >= 15 is 0 Å². The zero-order chi connectivity index (χ0) is 16.6. The van der Waals surface area contributed by atoms with E-state index in [0.29, 0.717) is 17.7 Å². The van der Waals surface area contributed by atoms with E-state index in [4.69, 9.17) is 10.5 Å². The number of aryl methyl sites for hydroxylation is 1. The molecule has 0 radical (unpaired) electrons. The SMILES string of the molecule is CCCc1[nH]nc2c1C(c1c(F)cccc1F)C(C#N)=C(N)O2. The summed E-state index contributed by atoms with van der Waals surface area (Å²) in [6.07, 6.45) is 1.40. The van der Waals surface area contributed by atoms with Crippen LogP contribution in [0.25, 0.3) is 0 Å². The third-order valence-corrected chi connectivity index (χ3v) is 3.81. The summed E-state index contributed by atoms with van der Waals surface area (Å²) in [6.45, 7) is 1.96. The van der Waals surface area contributed by atoms with Crippen molar-refractivity contribution in [3.8, 4) is 11.9 Å². The van der Waals surface area contributed by atoms with Crippen molar-refractivity contribution in [2.24, 2.45) is 5.73 Å². The van der Waals surface area contributed by atoms with Crippen molar-refractivity contribution in [3.63, 3.8) is 0 Å². The zero-order valence-electron chi connectivity index (χ0n) is 12.4. The maximum Gasteiger partial charge on any atom is 0.244 e. The molecule has 7 heteroatoms. The summed E-state index contributed by atoms with van der Waals surface area (Å²) in [4.78, 5) is 0. The number of halogens is 2. The van der Waals surface area contributed by atoms with Gasteiger partial charge in [-0.2, -0.15) is 5.26 Å². The Kier molecular flexibility index (Phi) is 3.74. The number of rotatable bonds is 3. The van der Waals surface area contributed by atoms with Crippen molar-refractivity contribution in [1.82, 2.24) is 10.2 Å². The van der Waals surface area contributed by atoms with Gasteiger partial charge in [-0.05, 0) is 18.6 Å². The first kappa shape index (κ1) is 15.0. The molecule has 2 heterocycles.